The largest absolute Gasteiger partial charge is 0.493 e. The average Bonchev–Trinajstić information content (AvgIpc) is 2.86. The lowest BCUT2D eigenvalue weighted by atomic mass is 9.99. The van der Waals surface area contributed by atoms with Gasteiger partial charge in [-0.3, -0.25) is 0 Å². The summed E-state index contributed by atoms with van der Waals surface area (Å²) >= 11 is 0. The molecule has 0 saturated heterocycles. The maximum absolute atomic E-state index is 5.86. The molecule has 0 aromatic heterocycles. The van der Waals surface area contributed by atoms with Gasteiger partial charge in [-0.2, -0.15) is 0 Å². The second kappa shape index (κ2) is 5.08. The molecule has 3 nitrogen and oxygen atoms in total. The van der Waals surface area contributed by atoms with Crippen LogP contribution >= 0.6 is 0 Å². The zero-order valence-electron chi connectivity index (χ0n) is 11.7. The van der Waals surface area contributed by atoms with Crippen LogP contribution in [0.25, 0.3) is 11.1 Å². The highest BCUT2D eigenvalue weighted by Gasteiger charge is 2.24. The summed E-state index contributed by atoms with van der Waals surface area (Å²) in [7, 11) is 3.29. The summed E-state index contributed by atoms with van der Waals surface area (Å²) in [6, 6.07) is 12.0. The molecule has 2 aromatic rings. The van der Waals surface area contributed by atoms with Gasteiger partial charge in [0, 0.05) is 17.5 Å². The molecular formula is C17H17O3. The molecule has 0 aliphatic carbocycles. The fraction of sp³-hybridized carbons (Fsp3) is 0.235. The van der Waals surface area contributed by atoms with E-state index < -0.39 is 0 Å². The molecule has 0 N–H and O–H groups in total. The van der Waals surface area contributed by atoms with E-state index in [4.69, 9.17) is 14.2 Å². The molecule has 20 heavy (non-hydrogen) atoms. The molecule has 0 spiro atoms. The van der Waals surface area contributed by atoms with Crippen LogP contribution in [0.3, 0.4) is 0 Å². The van der Waals surface area contributed by atoms with E-state index in [1.165, 1.54) is 5.56 Å². The van der Waals surface area contributed by atoms with E-state index in [0.717, 1.165) is 29.0 Å². The van der Waals surface area contributed by atoms with Gasteiger partial charge in [0.1, 0.15) is 11.9 Å². The fourth-order valence-electron chi connectivity index (χ4n) is 2.65. The molecule has 3 rings (SSSR count). The predicted octanol–water partition coefficient (Wildman–Crippen LogP) is 3.51. The molecule has 0 bridgehead atoms. The Bertz CT molecular complexity index is 634. The van der Waals surface area contributed by atoms with Gasteiger partial charge >= 0.3 is 0 Å². The van der Waals surface area contributed by atoms with E-state index in [-0.39, 0.29) is 6.10 Å². The van der Waals surface area contributed by atoms with Crippen molar-refractivity contribution in [2.24, 2.45) is 0 Å². The number of hydrogen-bond acceptors (Lipinski definition) is 3. The monoisotopic (exact) mass is 269 g/mol. The summed E-state index contributed by atoms with van der Waals surface area (Å²) in [5.41, 5.74) is 3.18. The maximum Gasteiger partial charge on any atom is 0.168 e. The molecule has 1 heterocycles. The van der Waals surface area contributed by atoms with Gasteiger partial charge < -0.3 is 14.2 Å². The SMILES string of the molecule is [CH2]C1Cc2cccc(-c3cccc(OC)c3OC)c2O1. The molecule has 3 heteroatoms. The minimum atomic E-state index is -0.0252. The van der Waals surface area contributed by atoms with E-state index in [1.807, 2.05) is 30.3 Å². The summed E-state index contributed by atoms with van der Waals surface area (Å²) in [4.78, 5) is 0. The van der Waals surface area contributed by atoms with Crippen molar-refractivity contribution >= 4 is 0 Å². The highest BCUT2D eigenvalue weighted by atomic mass is 16.5. The average molecular weight is 269 g/mol. The summed E-state index contributed by atoms with van der Waals surface area (Å²) in [6.45, 7) is 3.99. The van der Waals surface area contributed by atoms with Crippen LogP contribution < -0.4 is 14.2 Å². The lowest BCUT2D eigenvalue weighted by Gasteiger charge is -2.15. The molecule has 2 aromatic carbocycles. The Morgan fingerprint density at radius 2 is 1.80 bits per heavy atom. The summed E-state index contributed by atoms with van der Waals surface area (Å²) in [6.07, 6.45) is 0.817. The number of para-hydroxylation sites is 2. The van der Waals surface area contributed by atoms with E-state index in [0.29, 0.717) is 5.75 Å². The van der Waals surface area contributed by atoms with Crippen molar-refractivity contribution in [3.63, 3.8) is 0 Å². The number of benzene rings is 2. The molecule has 1 radical (unpaired) electrons. The van der Waals surface area contributed by atoms with Gasteiger partial charge in [0.25, 0.3) is 0 Å². The van der Waals surface area contributed by atoms with Crippen LogP contribution in [0.15, 0.2) is 36.4 Å². The van der Waals surface area contributed by atoms with Crippen LogP contribution in [0, 0.1) is 6.92 Å². The lowest BCUT2D eigenvalue weighted by Crippen LogP contribution is -2.06. The molecule has 0 amide bonds. The highest BCUT2D eigenvalue weighted by Crippen LogP contribution is 2.44. The predicted molar refractivity (Wildman–Crippen MR) is 78.5 cm³/mol. The Hall–Kier alpha value is -2.16. The van der Waals surface area contributed by atoms with Crippen molar-refractivity contribution in [3.8, 4) is 28.4 Å². The maximum atomic E-state index is 5.86. The number of ether oxygens (including phenoxy) is 3. The van der Waals surface area contributed by atoms with Gasteiger partial charge in [-0.25, -0.2) is 0 Å². The molecule has 0 saturated carbocycles. The third-order valence-corrected chi connectivity index (χ3v) is 3.52. The summed E-state index contributed by atoms with van der Waals surface area (Å²) in [5, 5.41) is 0. The van der Waals surface area contributed by atoms with E-state index in [1.54, 1.807) is 14.2 Å². The lowest BCUT2D eigenvalue weighted by molar-refractivity contribution is 0.282. The van der Waals surface area contributed by atoms with Crippen LogP contribution in [0.1, 0.15) is 5.56 Å². The van der Waals surface area contributed by atoms with Crippen molar-refractivity contribution < 1.29 is 14.2 Å². The third-order valence-electron chi connectivity index (χ3n) is 3.52. The van der Waals surface area contributed by atoms with Crippen LogP contribution in [0.5, 0.6) is 17.2 Å². The van der Waals surface area contributed by atoms with Gasteiger partial charge in [0.05, 0.1) is 14.2 Å². The topological polar surface area (TPSA) is 27.7 Å². The van der Waals surface area contributed by atoms with Crippen molar-refractivity contribution in [2.45, 2.75) is 12.5 Å². The smallest absolute Gasteiger partial charge is 0.168 e. The summed E-state index contributed by atoms with van der Waals surface area (Å²) < 4.78 is 16.7. The van der Waals surface area contributed by atoms with E-state index in [9.17, 15) is 0 Å². The molecular weight excluding hydrogens is 252 g/mol. The molecule has 103 valence electrons. The molecule has 1 atom stereocenters. The molecule has 1 aliphatic heterocycles. The first-order chi connectivity index (χ1) is 9.74. The van der Waals surface area contributed by atoms with Crippen molar-refractivity contribution in [2.75, 3.05) is 14.2 Å². The van der Waals surface area contributed by atoms with Crippen molar-refractivity contribution in [1.82, 2.24) is 0 Å². The Kier molecular flexibility index (Phi) is 3.26. The Labute approximate surface area is 119 Å². The first kappa shape index (κ1) is 12.9. The quantitative estimate of drug-likeness (QED) is 0.853. The fourth-order valence-corrected chi connectivity index (χ4v) is 2.65. The normalized spacial score (nSPS) is 16.4. The Morgan fingerprint density at radius 1 is 1.05 bits per heavy atom. The highest BCUT2D eigenvalue weighted by molar-refractivity contribution is 5.80. The van der Waals surface area contributed by atoms with Gasteiger partial charge in [0.15, 0.2) is 11.5 Å². The number of methoxy groups -OCH3 is 2. The van der Waals surface area contributed by atoms with Crippen molar-refractivity contribution in [3.05, 3.63) is 48.9 Å². The zero-order valence-corrected chi connectivity index (χ0v) is 11.7. The minimum absolute atomic E-state index is 0.0252. The van der Waals surface area contributed by atoms with Gasteiger partial charge in [0.2, 0.25) is 0 Å². The number of rotatable bonds is 3. The third kappa shape index (κ3) is 1.99. The Balaban J connectivity index is 2.18. The minimum Gasteiger partial charge on any atom is -0.493 e. The van der Waals surface area contributed by atoms with Crippen LogP contribution in [-0.4, -0.2) is 20.3 Å². The van der Waals surface area contributed by atoms with Gasteiger partial charge in [-0.1, -0.05) is 30.3 Å². The Morgan fingerprint density at radius 3 is 2.55 bits per heavy atom. The second-order valence-electron chi connectivity index (χ2n) is 4.78. The van der Waals surface area contributed by atoms with Gasteiger partial charge in [-0.05, 0) is 18.6 Å². The van der Waals surface area contributed by atoms with E-state index in [2.05, 4.69) is 13.0 Å². The summed E-state index contributed by atoms with van der Waals surface area (Å²) in [5.74, 6) is 2.34. The first-order valence-electron chi connectivity index (χ1n) is 6.57. The van der Waals surface area contributed by atoms with Crippen molar-refractivity contribution in [1.29, 1.82) is 0 Å². The molecule has 1 aliphatic rings. The second-order valence-corrected chi connectivity index (χ2v) is 4.78. The van der Waals surface area contributed by atoms with Crippen LogP contribution in [0.2, 0.25) is 0 Å². The van der Waals surface area contributed by atoms with Gasteiger partial charge in [-0.15, -0.1) is 0 Å². The zero-order chi connectivity index (χ0) is 14.1. The molecule has 1 unspecified atom stereocenters. The molecule has 0 fully saturated rings. The van der Waals surface area contributed by atoms with E-state index >= 15 is 0 Å². The van der Waals surface area contributed by atoms with Crippen LogP contribution in [0.4, 0.5) is 0 Å². The number of fused-ring (bicyclic) bond motifs is 1. The number of hydrogen-bond donors (Lipinski definition) is 0. The standard InChI is InChI=1S/C17H17O3/c1-11-10-12-6-4-7-13(16(12)20-11)14-8-5-9-15(18-2)17(14)19-3/h4-9,11H,1,10H2,2-3H3. The van der Waals surface area contributed by atoms with Crippen LogP contribution in [-0.2, 0) is 6.42 Å². The first-order valence-corrected chi connectivity index (χ1v) is 6.57.